The topological polar surface area (TPSA) is 53.0 Å². The minimum absolute atomic E-state index is 0.154. The summed E-state index contributed by atoms with van der Waals surface area (Å²) in [6.45, 7) is 1.42. The highest BCUT2D eigenvalue weighted by Gasteiger charge is 2.38. The van der Waals surface area contributed by atoms with E-state index in [9.17, 15) is 14.3 Å². The van der Waals surface area contributed by atoms with Crippen molar-refractivity contribution in [1.82, 2.24) is 9.80 Å². The van der Waals surface area contributed by atoms with Crippen LogP contribution in [0.2, 0.25) is 10.0 Å². The summed E-state index contributed by atoms with van der Waals surface area (Å²) in [5, 5.41) is 11.8. The largest absolute Gasteiger partial charge is 0.445 e. The van der Waals surface area contributed by atoms with Crippen molar-refractivity contribution in [2.75, 3.05) is 13.1 Å². The monoisotopic (exact) mass is 502 g/mol. The van der Waals surface area contributed by atoms with E-state index in [-0.39, 0.29) is 25.7 Å². The van der Waals surface area contributed by atoms with Crippen LogP contribution in [0, 0.1) is 5.82 Å². The van der Waals surface area contributed by atoms with Crippen LogP contribution in [0.25, 0.3) is 0 Å². The smallest absolute Gasteiger partial charge is 0.410 e. The molecule has 34 heavy (non-hydrogen) atoms. The summed E-state index contributed by atoms with van der Waals surface area (Å²) in [6.07, 6.45) is -1.27. The number of benzene rings is 3. The molecule has 5 nitrogen and oxygen atoms in total. The number of hydrogen-bond donors (Lipinski definition) is 1. The molecule has 178 valence electrons. The Hall–Kier alpha value is -2.64. The first-order valence-electron chi connectivity index (χ1n) is 10.9. The molecule has 1 aliphatic rings. The molecule has 1 amide bonds. The molecule has 0 radical (unpaired) electrons. The van der Waals surface area contributed by atoms with E-state index in [2.05, 4.69) is 0 Å². The van der Waals surface area contributed by atoms with Crippen LogP contribution in [0.3, 0.4) is 0 Å². The van der Waals surface area contributed by atoms with E-state index in [0.29, 0.717) is 23.1 Å². The number of ether oxygens (including phenoxy) is 1. The molecular formula is C26H25Cl2FN2O3. The SMILES string of the molecule is O=C(OCc1ccccc1)N1C[C@@H](O)[C@H](N(Cc2cccc(Cl)c2)Cc2ccc(F)cc2Cl)C1. The number of aliphatic hydroxyl groups is 1. The molecule has 0 saturated carbocycles. The van der Waals surface area contributed by atoms with Crippen LogP contribution in [0.4, 0.5) is 9.18 Å². The van der Waals surface area contributed by atoms with Crippen LogP contribution in [-0.4, -0.2) is 46.2 Å². The standard InChI is InChI=1S/C26H25Cl2FN2O3/c27-21-8-4-7-19(11-21)13-30(14-20-9-10-22(29)12-23(20)28)24-15-31(16-25(24)32)26(33)34-17-18-5-2-1-3-6-18/h1-12,24-25,32H,13-17H2/t24-,25-/m1/s1. The van der Waals surface area contributed by atoms with Crippen molar-refractivity contribution < 1.29 is 19.0 Å². The van der Waals surface area contributed by atoms with Gasteiger partial charge in [-0.25, -0.2) is 9.18 Å². The number of hydrogen-bond acceptors (Lipinski definition) is 4. The Morgan fingerprint density at radius 2 is 1.76 bits per heavy atom. The molecule has 1 fully saturated rings. The molecule has 2 atom stereocenters. The molecule has 0 aliphatic carbocycles. The van der Waals surface area contributed by atoms with Gasteiger partial charge in [0.25, 0.3) is 0 Å². The van der Waals surface area contributed by atoms with Gasteiger partial charge in [-0.3, -0.25) is 4.90 Å². The van der Waals surface area contributed by atoms with E-state index in [4.69, 9.17) is 27.9 Å². The Morgan fingerprint density at radius 3 is 2.50 bits per heavy atom. The Morgan fingerprint density at radius 1 is 1.00 bits per heavy atom. The number of likely N-dealkylation sites (tertiary alicyclic amines) is 1. The molecule has 0 unspecified atom stereocenters. The van der Waals surface area contributed by atoms with Crippen molar-refractivity contribution in [2.45, 2.75) is 31.8 Å². The quantitative estimate of drug-likeness (QED) is 0.462. The molecule has 1 aliphatic heterocycles. The molecule has 0 aromatic heterocycles. The predicted octanol–water partition coefficient (Wildman–Crippen LogP) is 5.52. The number of β-amino-alcohol motifs (C(OH)–C–C–N with tert-alkyl or cyclic N) is 1. The third kappa shape index (κ3) is 6.27. The number of aliphatic hydroxyl groups excluding tert-OH is 1. The fraction of sp³-hybridized carbons (Fsp3) is 0.269. The zero-order chi connectivity index (χ0) is 24.1. The molecule has 3 aromatic carbocycles. The summed E-state index contributed by atoms with van der Waals surface area (Å²) in [6, 6.07) is 20.8. The van der Waals surface area contributed by atoms with E-state index in [1.807, 2.05) is 53.4 Å². The molecule has 1 saturated heterocycles. The Bertz CT molecular complexity index is 1130. The van der Waals surface area contributed by atoms with E-state index in [1.165, 1.54) is 17.0 Å². The van der Waals surface area contributed by atoms with Crippen molar-refractivity contribution in [2.24, 2.45) is 0 Å². The zero-order valence-corrected chi connectivity index (χ0v) is 19.9. The molecule has 0 spiro atoms. The maximum atomic E-state index is 13.6. The van der Waals surface area contributed by atoms with Crippen LogP contribution >= 0.6 is 23.2 Å². The molecule has 8 heteroatoms. The van der Waals surface area contributed by atoms with E-state index in [1.54, 1.807) is 12.1 Å². The number of nitrogens with zero attached hydrogens (tertiary/aromatic N) is 2. The number of halogens is 3. The third-order valence-corrected chi connectivity index (χ3v) is 6.44. The highest BCUT2D eigenvalue weighted by Crippen LogP contribution is 2.26. The highest BCUT2D eigenvalue weighted by molar-refractivity contribution is 6.31. The van der Waals surface area contributed by atoms with Crippen LogP contribution in [-0.2, 0) is 24.4 Å². The minimum Gasteiger partial charge on any atom is -0.445 e. The second-order valence-corrected chi connectivity index (χ2v) is 9.19. The average Bonchev–Trinajstić information content (AvgIpc) is 3.21. The van der Waals surface area contributed by atoms with Gasteiger partial charge in [-0.2, -0.15) is 0 Å². The maximum absolute atomic E-state index is 13.6. The van der Waals surface area contributed by atoms with Gasteiger partial charge in [-0.1, -0.05) is 71.7 Å². The van der Waals surface area contributed by atoms with Gasteiger partial charge in [0.2, 0.25) is 0 Å². The average molecular weight is 503 g/mol. The number of carbonyl (C=O) groups is 1. The first kappa shape index (κ1) is 24.5. The molecule has 1 heterocycles. The van der Waals surface area contributed by atoms with Crippen LogP contribution in [0.5, 0.6) is 0 Å². The summed E-state index contributed by atoms with van der Waals surface area (Å²) in [7, 11) is 0. The summed E-state index contributed by atoms with van der Waals surface area (Å²) in [5.74, 6) is -0.414. The van der Waals surface area contributed by atoms with Gasteiger partial charge in [-0.05, 0) is 41.0 Å². The van der Waals surface area contributed by atoms with Gasteiger partial charge < -0.3 is 14.7 Å². The van der Waals surface area contributed by atoms with Gasteiger partial charge in [0.15, 0.2) is 0 Å². The third-order valence-electron chi connectivity index (χ3n) is 5.85. The molecule has 0 bridgehead atoms. The second-order valence-electron chi connectivity index (χ2n) is 8.35. The lowest BCUT2D eigenvalue weighted by Crippen LogP contribution is -2.42. The van der Waals surface area contributed by atoms with Crippen molar-refractivity contribution in [3.8, 4) is 0 Å². The Labute approximate surface area is 208 Å². The van der Waals surface area contributed by atoms with Gasteiger partial charge in [0, 0.05) is 29.7 Å². The van der Waals surface area contributed by atoms with E-state index in [0.717, 1.165) is 16.7 Å². The van der Waals surface area contributed by atoms with Crippen LogP contribution in [0.1, 0.15) is 16.7 Å². The Kier molecular flexibility index (Phi) is 8.06. The Balaban J connectivity index is 1.49. The number of amides is 1. The fourth-order valence-corrected chi connectivity index (χ4v) is 4.56. The summed E-state index contributed by atoms with van der Waals surface area (Å²) >= 11 is 12.5. The van der Waals surface area contributed by atoms with Crippen LogP contribution < -0.4 is 0 Å². The summed E-state index contributed by atoms with van der Waals surface area (Å²) in [5.41, 5.74) is 2.56. The van der Waals surface area contributed by atoms with Crippen LogP contribution in [0.15, 0.2) is 72.8 Å². The first-order chi connectivity index (χ1) is 16.4. The predicted molar refractivity (Wildman–Crippen MR) is 130 cm³/mol. The second kappa shape index (κ2) is 11.2. The van der Waals surface area contributed by atoms with Gasteiger partial charge >= 0.3 is 6.09 Å². The normalized spacial score (nSPS) is 17.9. The van der Waals surface area contributed by atoms with E-state index < -0.39 is 18.0 Å². The van der Waals surface area contributed by atoms with Gasteiger partial charge in [-0.15, -0.1) is 0 Å². The lowest BCUT2D eigenvalue weighted by Gasteiger charge is -2.31. The first-order valence-corrected chi connectivity index (χ1v) is 11.7. The molecule has 1 N–H and O–H groups in total. The molecular weight excluding hydrogens is 478 g/mol. The van der Waals surface area contributed by atoms with Crippen molar-refractivity contribution in [3.05, 3.63) is 105 Å². The molecule has 4 rings (SSSR count). The maximum Gasteiger partial charge on any atom is 0.410 e. The van der Waals surface area contributed by atoms with Crippen molar-refractivity contribution in [1.29, 1.82) is 0 Å². The number of rotatable bonds is 7. The van der Waals surface area contributed by atoms with Crippen molar-refractivity contribution >= 4 is 29.3 Å². The lowest BCUT2D eigenvalue weighted by molar-refractivity contribution is 0.0728. The minimum atomic E-state index is -0.789. The fourth-order valence-electron chi connectivity index (χ4n) is 4.12. The number of carbonyl (C=O) groups excluding carboxylic acids is 1. The van der Waals surface area contributed by atoms with Gasteiger partial charge in [0.1, 0.15) is 12.4 Å². The lowest BCUT2D eigenvalue weighted by atomic mass is 10.1. The summed E-state index contributed by atoms with van der Waals surface area (Å²) in [4.78, 5) is 16.2. The molecule has 3 aromatic rings. The van der Waals surface area contributed by atoms with E-state index >= 15 is 0 Å². The van der Waals surface area contributed by atoms with Gasteiger partial charge in [0.05, 0.1) is 18.7 Å². The van der Waals surface area contributed by atoms with Crippen molar-refractivity contribution in [3.63, 3.8) is 0 Å². The zero-order valence-electron chi connectivity index (χ0n) is 18.4. The summed E-state index contributed by atoms with van der Waals surface area (Å²) < 4.78 is 19.0. The highest BCUT2D eigenvalue weighted by atomic mass is 35.5.